The molecule has 0 radical (unpaired) electrons. The molecule has 3 heteroatoms. The Morgan fingerprint density at radius 2 is 1.84 bits per heavy atom. The topological polar surface area (TPSA) is 29.3 Å². The van der Waals surface area contributed by atoms with E-state index in [0.29, 0.717) is 18.0 Å². The maximum absolute atomic E-state index is 6.00. The van der Waals surface area contributed by atoms with Crippen LogP contribution in [0.3, 0.4) is 0 Å². The standard InChI is InChI=1S/C16H26N2.ClH/c1-12-5-4-6-16(11-12)14(3)18-9-7-15(8-10-18)13(2)17;/h4-6,11,13-15H,7-10,17H2,1-3H3;1H. The van der Waals surface area contributed by atoms with E-state index in [2.05, 4.69) is 49.9 Å². The zero-order chi connectivity index (χ0) is 13.1. The number of halogens is 1. The van der Waals surface area contributed by atoms with E-state index in [1.165, 1.54) is 37.1 Å². The average Bonchev–Trinajstić information content (AvgIpc) is 2.38. The lowest BCUT2D eigenvalue weighted by molar-refractivity contribution is 0.132. The molecule has 1 fully saturated rings. The highest BCUT2D eigenvalue weighted by molar-refractivity contribution is 5.85. The zero-order valence-electron chi connectivity index (χ0n) is 12.3. The van der Waals surface area contributed by atoms with Crippen molar-refractivity contribution in [2.24, 2.45) is 11.7 Å². The Hall–Kier alpha value is -0.570. The Balaban J connectivity index is 0.00000180. The zero-order valence-corrected chi connectivity index (χ0v) is 13.1. The highest BCUT2D eigenvalue weighted by Crippen LogP contribution is 2.27. The van der Waals surface area contributed by atoms with E-state index in [1.807, 2.05) is 0 Å². The van der Waals surface area contributed by atoms with Gasteiger partial charge in [0.1, 0.15) is 0 Å². The summed E-state index contributed by atoms with van der Waals surface area (Å²) in [7, 11) is 0. The first kappa shape index (κ1) is 16.5. The molecule has 0 bridgehead atoms. The van der Waals surface area contributed by atoms with Crippen molar-refractivity contribution in [1.29, 1.82) is 0 Å². The van der Waals surface area contributed by atoms with Crippen LogP contribution < -0.4 is 5.73 Å². The monoisotopic (exact) mass is 282 g/mol. The number of hydrogen-bond acceptors (Lipinski definition) is 2. The highest BCUT2D eigenvalue weighted by Gasteiger charge is 2.25. The third-order valence-electron chi connectivity index (χ3n) is 4.39. The van der Waals surface area contributed by atoms with Gasteiger partial charge in [-0.1, -0.05) is 29.8 Å². The minimum atomic E-state index is 0. The molecule has 1 aromatic carbocycles. The van der Waals surface area contributed by atoms with Crippen molar-refractivity contribution in [2.75, 3.05) is 13.1 Å². The van der Waals surface area contributed by atoms with Gasteiger partial charge in [0.2, 0.25) is 0 Å². The summed E-state index contributed by atoms with van der Waals surface area (Å²) in [5.41, 5.74) is 8.79. The normalized spacial score (nSPS) is 20.6. The predicted molar refractivity (Wildman–Crippen MR) is 84.8 cm³/mol. The van der Waals surface area contributed by atoms with Gasteiger partial charge in [-0.25, -0.2) is 0 Å². The van der Waals surface area contributed by atoms with Crippen molar-refractivity contribution in [1.82, 2.24) is 4.90 Å². The number of piperidine rings is 1. The van der Waals surface area contributed by atoms with Crippen LogP contribution in [0.4, 0.5) is 0 Å². The van der Waals surface area contributed by atoms with Crippen molar-refractivity contribution in [2.45, 2.75) is 45.7 Å². The maximum Gasteiger partial charge on any atom is 0.0319 e. The van der Waals surface area contributed by atoms with E-state index < -0.39 is 0 Å². The van der Waals surface area contributed by atoms with Gasteiger partial charge in [-0.15, -0.1) is 12.4 Å². The molecular weight excluding hydrogens is 256 g/mol. The first-order valence-electron chi connectivity index (χ1n) is 7.14. The molecule has 2 atom stereocenters. The molecule has 2 unspecified atom stereocenters. The first-order chi connectivity index (χ1) is 8.58. The van der Waals surface area contributed by atoms with Crippen LogP contribution in [0.25, 0.3) is 0 Å². The molecule has 108 valence electrons. The Kier molecular flexibility index (Phi) is 6.31. The van der Waals surface area contributed by atoms with Crippen LogP contribution in [0, 0.1) is 12.8 Å². The van der Waals surface area contributed by atoms with E-state index in [1.54, 1.807) is 0 Å². The summed E-state index contributed by atoms with van der Waals surface area (Å²) < 4.78 is 0. The number of hydrogen-bond donors (Lipinski definition) is 1. The SMILES string of the molecule is Cc1cccc(C(C)N2CCC(C(C)N)CC2)c1.Cl. The molecule has 0 aromatic heterocycles. The number of likely N-dealkylation sites (tertiary alicyclic amines) is 1. The highest BCUT2D eigenvalue weighted by atomic mass is 35.5. The fraction of sp³-hybridized carbons (Fsp3) is 0.625. The molecule has 1 aliphatic rings. The Labute approximate surface area is 123 Å². The van der Waals surface area contributed by atoms with Gasteiger partial charge in [0.15, 0.2) is 0 Å². The van der Waals surface area contributed by atoms with E-state index in [-0.39, 0.29) is 12.4 Å². The van der Waals surface area contributed by atoms with Crippen LogP contribution in [0.15, 0.2) is 24.3 Å². The minimum Gasteiger partial charge on any atom is -0.328 e. The quantitative estimate of drug-likeness (QED) is 0.919. The molecule has 0 aliphatic carbocycles. The second-order valence-electron chi connectivity index (χ2n) is 5.82. The predicted octanol–water partition coefficient (Wildman–Crippen LogP) is 3.54. The summed E-state index contributed by atoms with van der Waals surface area (Å²) in [5, 5.41) is 0. The van der Waals surface area contributed by atoms with Crippen LogP contribution in [0.1, 0.15) is 43.9 Å². The van der Waals surface area contributed by atoms with Crippen LogP contribution in [-0.2, 0) is 0 Å². The van der Waals surface area contributed by atoms with Gasteiger partial charge < -0.3 is 5.73 Å². The van der Waals surface area contributed by atoms with Crippen molar-refractivity contribution in [3.63, 3.8) is 0 Å². The van der Waals surface area contributed by atoms with Crippen molar-refractivity contribution >= 4 is 12.4 Å². The summed E-state index contributed by atoms with van der Waals surface area (Å²) >= 11 is 0. The lowest BCUT2D eigenvalue weighted by atomic mass is 9.89. The summed E-state index contributed by atoms with van der Waals surface area (Å²) in [4.78, 5) is 2.59. The van der Waals surface area contributed by atoms with E-state index in [0.717, 1.165) is 0 Å². The number of rotatable bonds is 3. The van der Waals surface area contributed by atoms with Crippen LogP contribution in [0.2, 0.25) is 0 Å². The lowest BCUT2D eigenvalue weighted by Gasteiger charge is -2.37. The van der Waals surface area contributed by atoms with Gasteiger partial charge >= 0.3 is 0 Å². The van der Waals surface area contributed by atoms with E-state index in [9.17, 15) is 0 Å². The van der Waals surface area contributed by atoms with Gasteiger partial charge in [-0.2, -0.15) is 0 Å². The maximum atomic E-state index is 6.00. The molecule has 2 N–H and O–H groups in total. The number of nitrogens with two attached hydrogens (primary N) is 1. The van der Waals surface area contributed by atoms with Gasteiger partial charge in [-0.3, -0.25) is 4.90 Å². The van der Waals surface area contributed by atoms with Crippen LogP contribution in [-0.4, -0.2) is 24.0 Å². The van der Waals surface area contributed by atoms with Crippen molar-refractivity contribution < 1.29 is 0 Å². The summed E-state index contributed by atoms with van der Waals surface area (Å²) in [6.45, 7) is 8.99. The Morgan fingerprint density at radius 1 is 1.21 bits per heavy atom. The fourth-order valence-corrected chi connectivity index (χ4v) is 2.97. The second-order valence-corrected chi connectivity index (χ2v) is 5.82. The van der Waals surface area contributed by atoms with E-state index >= 15 is 0 Å². The summed E-state index contributed by atoms with van der Waals surface area (Å²) in [6.07, 6.45) is 2.49. The molecule has 1 saturated heterocycles. The molecule has 1 aliphatic heterocycles. The van der Waals surface area contributed by atoms with Gasteiger partial charge in [0.25, 0.3) is 0 Å². The molecule has 2 rings (SSSR count). The summed E-state index contributed by atoms with van der Waals surface area (Å²) in [6, 6.07) is 9.76. The fourth-order valence-electron chi connectivity index (χ4n) is 2.97. The molecule has 0 saturated carbocycles. The summed E-state index contributed by atoms with van der Waals surface area (Å²) in [5.74, 6) is 0.714. The molecular formula is C16H27ClN2. The first-order valence-corrected chi connectivity index (χ1v) is 7.14. The van der Waals surface area contributed by atoms with E-state index in [4.69, 9.17) is 5.73 Å². The molecule has 0 spiro atoms. The molecule has 1 aromatic rings. The Bertz CT molecular complexity index is 384. The largest absolute Gasteiger partial charge is 0.328 e. The number of aryl methyl sites for hydroxylation is 1. The third-order valence-corrected chi connectivity index (χ3v) is 4.39. The molecule has 0 amide bonds. The molecule has 2 nitrogen and oxygen atoms in total. The third kappa shape index (κ3) is 4.20. The van der Waals surface area contributed by atoms with Gasteiger partial charge in [0.05, 0.1) is 0 Å². The minimum absolute atomic E-state index is 0. The van der Waals surface area contributed by atoms with Crippen LogP contribution >= 0.6 is 12.4 Å². The van der Waals surface area contributed by atoms with Gasteiger partial charge in [-0.05, 0) is 58.2 Å². The van der Waals surface area contributed by atoms with Crippen molar-refractivity contribution in [3.8, 4) is 0 Å². The smallest absolute Gasteiger partial charge is 0.0319 e. The Morgan fingerprint density at radius 3 is 2.37 bits per heavy atom. The van der Waals surface area contributed by atoms with Crippen LogP contribution in [0.5, 0.6) is 0 Å². The number of nitrogens with zero attached hydrogens (tertiary/aromatic N) is 1. The second kappa shape index (κ2) is 7.28. The number of benzene rings is 1. The lowest BCUT2D eigenvalue weighted by Crippen LogP contribution is -2.40. The molecule has 1 heterocycles. The van der Waals surface area contributed by atoms with Crippen molar-refractivity contribution in [3.05, 3.63) is 35.4 Å². The van der Waals surface area contributed by atoms with Gasteiger partial charge in [0, 0.05) is 12.1 Å². The molecule has 19 heavy (non-hydrogen) atoms. The average molecular weight is 283 g/mol.